The van der Waals surface area contributed by atoms with E-state index in [-0.39, 0.29) is 37.0 Å². The van der Waals surface area contributed by atoms with E-state index in [2.05, 4.69) is 13.0 Å². The summed E-state index contributed by atoms with van der Waals surface area (Å²) in [4.78, 5) is 45.9. The largest absolute Gasteiger partial charge is 0.493 e. The van der Waals surface area contributed by atoms with Crippen LogP contribution in [0.15, 0.2) is 18.2 Å². The average Bonchev–Trinajstić information content (AvgIpc) is 3.60. The van der Waals surface area contributed by atoms with E-state index in [1.807, 2.05) is 17.0 Å². The molecule has 1 aromatic rings. The lowest BCUT2D eigenvalue weighted by Crippen LogP contribution is -2.46. The quantitative estimate of drug-likeness (QED) is 0.400. The maximum Gasteiger partial charge on any atom is 0.319 e. The predicted molar refractivity (Wildman–Crippen MR) is 142 cm³/mol. The normalized spacial score (nSPS) is 23.1. The highest BCUT2D eigenvalue weighted by Gasteiger charge is 2.47. The SMILES string of the molecule is CCCCN(CCCO)C(=O)CN1C[C@H](c2ccc3c(c2)CCO3)[C@@H](C(=O)O)[C@@H]1CCN1CCN(C)C1=O. The second kappa shape index (κ2) is 12.8. The molecule has 1 aromatic carbocycles. The average molecular weight is 531 g/mol. The Labute approximate surface area is 225 Å². The van der Waals surface area contributed by atoms with Gasteiger partial charge in [-0.1, -0.05) is 25.5 Å². The molecule has 0 unspecified atom stereocenters. The van der Waals surface area contributed by atoms with Gasteiger partial charge in [0, 0.05) is 71.3 Å². The number of ether oxygens (including phenoxy) is 1. The number of unbranched alkanes of at least 4 members (excludes halogenated alkanes) is 1. The zero-order valence-corrected chi connectivity index (χ0v) is 22.7. The molecule has 10 nitrogen and oxygen atoms in total. The molecule has 38 heavy (non-hydrogen) atoms. The van der Waals surface area contributed by atoms with Crippen LogP contribution < -0.4 is 4.74 Å². The molecule has 10 heteroatoms. The molecule has 3 atom stereocenters. The van der Waals surface area contributed by atoms with E-state index in [9.17, 15) is 24.6 Å². The van der Waals surface area contributed by atoms with Gasteiger partial charge in [-0.05, 0) is 36.5 Å². The summed E-state index contributed by atoms with van der Waals surface area (Å²) in [6, 6.07) is 5.54. The Morgan fingerprint density at radius 3 is 2.66 bits per heavy atom. The fourth-order valence-electron chi connectivity index (χ4n) is 6.07. The monoisotopic (exact) mass is 530 g/mol. The summed E-state index contributed by atoms with van der Waals surface area (Å²) < 4.78 is 5.65. The first-order valence-corrected chi connectivity index (χ1v) is 13.9. The number of likely N-dealkylation sites (N-methyl/N-ethyl adjacent to an activating group) is 1. The lowest BCUT2D eigenvalue weighted by Gasteiger charge is -2.30. The highest BCUT2D eigenvalue weighted by atomic mass is 16.5. The van der Waals surface area contributed by atoms with Crippen molar-refractivity contribution in [3.63, 3.8) is 0 Å². The molecule has 3 aliphatic rings. The van der Waals surface area contributed by atoms with Crippen molar-refractivity contribution in [1.29, 1.82) is 0 Å². The number of hydrogen-bond donors (Lipinski definition) is 2. The minimum Gasteiger partial charge on any atom is -0.493 e. The van der Waals surface area contributed by atoms with Gasteiger partial charge in [-0.15, -0.1) is 0 Å². The van der Waals surface area contributed by atoms with Crippen LogP contribution in [0.25, 0.3) is 0 Å². The van der Waals surface area contributed by atoms with E-state index in [1.54, 1.807) is 21.7 Å². The maximum absolute atomic E-state index is 13.5. The van der Waals surface area contributed by atoms with Gasteiger partial charge in [0.1, 0.15) is 5.75 Å². The molecule has 210 valence electrons. The van der Waals surface area contributed by atoms with Crippen molar-refractivity contribution in [2.24, 2.45) is 5.92 Å². The van der Waals surface area contributed by atoms with E-state index in [0.717, 1.165) is 36.1 Å². The van der Waals surface area contributed by atoms with Gasteiger partial charge in [-0.2, -0.15) is 0 Å². The molecule has 3 amide bonds. The van der Waals surface area contributed by atoms with Crippen LogP contribution in [0.1, 0.15) is 49.7 Å². The molecule has 3 aliphatic heterocycles. The summed E-state index contributed by atoms with van der Waals surface area (Å²) in [5.41, 5.74) is 2.06. The molecule has 2 saturated heterocycles. The van der Waals surface area contributed by atoms with E-state index in [0.29, 0.717) is 58.7 Å². The summed E-state index contributed by atoms with van der Waals surface area (Å²) in [6.45, 7) is 6.16. The molecule has 2 fully saturated rings. The number of likely N-dealkylation sites (tertiary alicyclic amines) is 1. The van der Waals surface area contributed by atoms with Gasteiger partial charge in [-0.25, -0.2) is 4.79 Å². The summed E-state index contributed by atoms with van der Waals surface area (Å²) in [6.07, 6.45) is 3.64. The van der Waals surface area contributed by atoms with Crippen LogP contribution >= 0.6 is 0 Å². The summed E-state index contributed by atoms with van der Waals surface area (Å²) >= 11 is 0. The van der Waals surface area contributed by atoms with Gasteiger partial charge in [0.25, 0.3) is 0 Å². The van der Waals surface area contributed by atoms with Crippen molar-refractivity contribution >= 4 is 17.9 Å². The molecule has 4 rings (SSSR count). The Kier molecular flexibility index (Phi) is 9.49. The van der Waals surface area contributed by atoms with Gasteiger partial charge in [-0.3, -0.25) is 14.5 Å². The van der Waals surface area contributed by atoms with Crippen LogP contribution in [-0.4, -0.2) is 120 Å². The number of hydrogen-bond acceptors (Lipinski definition) is 6. The minimum atomic E-state index is -0.875. The lowest BCUT2D eigenvalue weighted by atomic mass is 9.83. The summed E-state index contributed by atoms with van der Waals surface area (Å²) in [7, 11) is 1.77. The molecule has 3 heterocycles. The number of carboxylic acid groups (broad SMARTS) is 1. The zero-order chi connectivity index (χ0) is 27.2. The Hall–Kier alpha value is -2.85. The van der Waals surface area contributed by atoms with Gasteiger partial charge in [0.2, 0.25) is 5.91 Å². The fraction of sp³-hybridized carbons (Fsp3) is 0.679. The third-order valence-corrected chi connectivity index (χ3v) is 8.23. The molecule has 0 aliphatic carbocycles. The topological polar surface area (TPSA) is 114 Å². The number of aliphatic hydroxyl groups excluding tert-OH is 1. The second-order valence-corrected chi connectivity index (χ2v) is 10.7. The fourth-order valence-corrected chi connectivity index (χ4v) is 6.07. The standard InChI is InChI=1S/C28H42N4O6/c1-3-4-10-30(11-5-15-33)25(34)19-32-18-22(20-6-7-24-21(17-20)9-16-38-24)26(27(35)36)23(32)8-12-31-14-13-29(2)28(31)37/h6-7,17,22-23,26,33H,3-5,8-16,18-19H2,1-2H3,(H,35,36)/t22-,23+,26-/m1/s1. The Morgan fingerprint density at radius 1 is 1.18 bits per heavy atom. The number of aliphatic carboxylic acids is 1. The smallest absolute Gasteiger partial charge is 0.319 e. The second-order valence-electron chi connectivity index (χ2n) is 10.7. The minimum absolute atomic E-state index is 0.0196. The van der Waals surface area contributed by atoms with Crippen molar-refractivity contribution in [3.8, 4) is 5.75 Å². The molecule has 0 spiro atoms. The number of carbonyl (C=O) groups is 3. The number of aliphatic hydroxyl groups is 1. The first-order valence-electron chi connectivity index (χ1n) is 13.9. The first-order chi connectivity index (χ1) is 18.3. The van der Waals surface area contributed by atoms with Crippen molar-refractivity contribution in [2.75, 3.05) is 66.1 Å². The number of carboxylic acids is 1. The maximum atomic E-state index is 13.5. The predicted octanol–water partition coefficient (Wildman–Crippen LogP) is 1.86. The number of amides is 3. The van der Waals surface area contributed by atoms with Crippen molar-refractivity contribution in [2.45, 2.75) is 51.0 Å². The van der Waals surface area contributed by atoms with E-state index in [4.69, 9.17) is 4.74 Å². The van der Waals surface area contributed by atoms with Crippen LogP contribution in [0, 0.1) is 5.92 Å². The van der Waals surface area contributed by atoms with Crippen LogP contribution in [-0.2, 0) is 16.0 Å². The van der Waals surface area contributed by atoms with Crippen LogP contribution in [0.2, 0.25) is 0 Å². The van der Waals surface area contributed by atoms with Crippen molar-refractivity contribution in [3.05, 3.63) is 29.3 Å². The van der Waals surface area contributed by atoms with Gasteiger partial charge in [0.15, 0.2) is 0 Å². The highest BCUT2D eigenvalue weighted by Crippen LogP contribution is 2.41. The third-order valence-electron chi connectivity index (χ3n) is 8.23. The van der Waals surface area contributed by atoms with Gasteiger partial charge >= 0.3 is 12.0 Å². The lowest BCUT2D eigenvalue weighted by molar-refractivity contribution is -0.144. The molecule has 0 bridgehead atoms. The molecule has 0 saturated carbocycles. The molecule has 2 N–H and O–H groups in total. The van der Waals surface area contributed by atoms with Gasteiger partial charge in [0.05, 0.1) is 19.1 Å². The summed E-state index contributed by atoms with van der Waals surface area (Å²) in [5.74, 6) is -1.02. The Morgan fingerprint density at radius 2 is 1.97 bits per heavy atom. The highest BCUT2D eigenvalue weighted by molar-refractivity contribution is 5.79. The number of carbonyl (C=O) groups excluding carboxylic acids is 2. The number of nitrogens with zero attached hydrogens (tertiary/aromatic N) is 4. The number of fused-ring (bicyclic) bond motifs is 1. The van der Waals surface area contributed by atoms with Gasteiger partial charge < -0.3 is 29.6 Å². The molecule has 0 radical (unpaired) electrons. The van der Waals surface area contributed by atoms with Crippen LogP contribution in [0.5, 0.6) is 5.75 Å². The number of urea groups is 1. The van der Waals surface area contributed by atoms with E-state index >= 15 is 0 Å². The Bertz CT molecular complexity index is 996. The van der Waals surface area contributed by atoms with E-state index in [1.165, 1.54) is 0 Å². The number of benzene rings is 1. The van der Waals surface area contributed by atoms with E-state index < -0.39 is 11.9 Å². The summed E-state index contributed by atoms with van der Waals surface area (Å²) in [5, 5.41) is 19.8. The molecular weight excluding hydrogens is 488 g/mol. The van der Waals surface area contributed by atoms with Crippen LogP contribution in [0.3, 0.4) is 0 Å². The molecule has 0 aromatic heterocycles. The number of rotatable bonds is 13. The van der Waals surface area contributed by atoms with Crippen LogP contribution in [0.4, 0.5) is 4.79 Å². The Balaban J connectivity index is 1.57. The first kappa shape index (κ1) is 28.2. The van der Waals surface area contributed by atoms with Crippen molar-refractivity contribution in [1.82, 2.24) is 19.6 Å². The molecular formula is C28H42N4O6. The third kappa shape index (κ3) is 6.23. The van der Waals surface area contributed by atoms with Crippen molar-refractivity contribution < 1.29 is 29.3 Å². The zero-order valence-electron chi connectivity index (χ0n) is 22.7.